The van der Waals surface area contributed by atoms with Gasteiger partial charge in [0.1, 0.15) is 33.8 Å². The van der Waals surface area contributed by atoms with Crippen LogP contribution in [0.1, 0.15) is 95.5 Å². The highest BCUT2D eigenvalue weighted by molar-refractivity contribution is 7.92. The summed E-state index contributed by atoms with van der Waals surface area (Å²) in [5.41, 5.74) is 5.91. The highest BCUT2D eigenvalue weighted by Gasteiger charge is 2.40. The number of sulfone groups is 1. The van der Waals surface area contributed by atoms with E-state index >= 15 is 8.78 Å². The van der Waals surface area contributed by atoms with Gasteiger partial charge in [0.25, 0.3) is 0 Å². The Morgan fingerprint density at radius 2 is 1.60 bits per heavy atom. The summed E-state index contributed by atoms with van der Waals surface area (Å²) in [5.74, 6) is -3.19. The first-order valence-electron chi connectivity index (χ1n) is 18.4. The lowest BCUT2D eigenvalue weighted by atomic mass is 9.93. The number of hydrogen-bond donors (Lipinski definition) is 4. The Kier molecular flexibility index (Phi) is 12.2. The largest absolute Gasteiger partial charge is 0.443 e. The second-order valence-corrected chi connectivity index (χ2v) is 18.4. The van der Waals surface area contributed by atoms with E-state index in [2.05, 4.69) is 15.6 Å². The molecule has 5 rings (SSSR count). The van der Waals surface area contributed by atoms with Crippen molar-refractivity contribution >= 4 is 55.9 Å². The molecule has 16 heteroatoms. The van der Waals surface area contributed by atoms with Crippen molar-refractivity contribution in [3.8, 4) is 0 Å². The Balaban J connectivity index is 1.56. The second-order valence-electron chi connectivity index (χ2n) is 16.2. The van der Waals surface area contributed by atoms with Crippen molar-refractivity contribution in [1.82, 2.24) is 10.3 Å². The normalized spacial score (nSPS) is 14.4. The number of nitrogens with zero attached hydrogens (tertiary/aromatic N) is 2. The molecule has 2 atom stereocenters. The first-order valence-corrected chi connectivity index (χ1v) is 20.0. The third-order valence-corrected chi connectivity index (χ3v) is 11.4. The summed E-state index contributed by atoms with van der Waals surface area (Å²) in [7, 11) is -4.02. The van der Waals surface area contributed by atoms with Crippen LogP contribution in [0.25, 0.3) is 10.8 Å². The van der Waals surface area contributed by atoms with Crippen molar-refractivity contribution in [1.29, 1.82) is 0 Å². The van der Waals surface area contributed by atoms with Gasteiger partial charge in [0.2, 0.25) is 5.91 Å². The van der Waals surface area contributed by atoms with Crippen LogP contribution in [0.2, 0.25) is 0 Å². The monoisotopic (exact) mass is 809 g/mol. The fourth-order valence-corrected chi connectivity index (χ4v) is 8.23. The zero-order chi connectivity index (χ0) is 42.2. The van der Waals surface area contributed by atoms with Gasteiger partial charge in [-0.1, -0.05) is 25.1 Å². The number of amides is 3. The number of benzene rings is 3. The number of anilines is 3. The topological polar surface area (TPSA) is 190 Å². The molecule has 1 saturated carbocycles. The van der Waals surface area contributed by atoms with Gasteiger partial charge in [0, 0.05) is 36.6 Å². The van der Waals surface area contributed by atoms with E-state index in [1.165, 1.54) is 24.4 Å². The van der Waals surface area contributed by atoms with Gasteiger partial charge < -0.3 is 30.9 Å². The predicted octanol–water partition coefficient (Wildman–Crippen LogP) is 7.58. The third kappa shape index (κ3) is 9.97. The summed E-state index contributed by atoms with van der Waals surface area (Å²) in [4.78, 5) is 45.2. The number of fused-ring (bicyclic) bond motifs is 1. The number of aliphatic hydroxyl groups excluding tert-OH is 1. The molecule has 0 spiro atoms. The van der Waals surface area contributed by atoms with E-state index in [1.54, 1.807) is 59.7 Å². The van der Waals surface area contributed by atoms with Gasteiger partial charge in [0.05, 0.1) is 10.6 Å². The molecular formula is C41H49F2N5O8S. The first kappa shape index (κ1) is 42.8. The molecular weight excluding hydrogens is 761 g/mol. The minimum atomic E-state index is -4.02. The molecule has 0 radical (unpaired) electrons. The van der Waals surface area contributed by atoms with Crippen LogP contribution in [0.5, 0.6) is 0 Å². The number of rotatable bonds is 11. The van der Waals surface area contributed by atoms with Gasteiger partial charge in [-0.05, 0) is 119 Å². The zero-order valence-electron chi connectivity index (χ0n) is 33.2. The molecule has 1 fully saturated rings. The average Bonchev–Trinajstić information content (AvgIpc) is 3.94. The third-order valence-electron chi connectivity index (χ3n) is 9.01. The molecule has 1 aliphatic rings. The lowest BCUT2D eigenvalue weighted by Gasteiger charge is -2.28. The highest BCUT2D eigenvalue weighted by Crippen LogP contribution is 2.38. The van der Waals surface area contributed by atoms with Crippen LogP contribution in [0.3, 0.4) is 0 Å². The SMILES string of the molecule is Cc1cc(C(Nc2cc(F)c3c(N(C(=O)OC(C)(C)C)C(=O)OC(C)(C)C)nccc3c2)C(=O)NCc2cc(N)cc(F)c2S(=O)(=O)C2CC2)ccc1C(C)CO. The molecule has 3 aromatic carbocycles. The van der Waals surface area contributed by atoms with Gasteiger partial charge in [-0.25, -0.2) is 31.8 Å². The lowest BCUT2D eigenvalue weighted by Crippen LogP contribution is -2.44. The lowest BCUT2D eigenvalue weighted by molar-refractivity contribution is -0.122. The fraction of sp³-hybridized carbons (Fsp3) is 0.415. The van der Waals surface area contributed by atoms with E-state index in [0.29, 0.717) is 23.3 Å². The molecule has 0 saturated heterocycles. The summed E-state index contributed by atoms with van der Waals surface area (Å²) in [6, 6.07) is 10.2. The number of nitrogen functional groups attached to an aromatic ring is 1. The Hall–Kier alpha value is -5.35. The fourth-order valence-electron chi connectivity index (χ4n) is 6.31. The number of pyridine rings is 1. The summed E-state index contributed by atoms with van der Waals surface area (Å²) >= 11 is 0. The molecule has 1 aromatic heterocycles. The maximum atomic E-state index is 16.4. The van der Waals surface area contributed by atoms with Crippen molar-refractivity contribution in [2.24, 2.45) is 0 Å². The molecule has 5 N–H and O–H groups in total. The van der Waals surface area contributed by atoms with Crippen LogP contribution in [0.15, 0.2) is 59.6 Å². The number of halogens is 2. The second kappa shape index (κ2) is 16.3. The van der Waals surface area contributed by atoms with Crippen LogP contribution in [-0.4, -0.2) is 59.7 Å². The smallest absolute Gasteiger partial charge is 0.425 e. The maximum Gasteiger partial charge on any atom is 0.425 e. The minimum absolute atomic E-state index is 0.0221. The molecule has 4 aromatic rings. The van der Waals surface area contributed by atoms with E-state index in [1.807, 2.05) is 13.8 Å². The molecule has 0 bridgehead atoms. The number of nitrogens with one attached hydrogen (secondary N) is 2. The number of ether oxygens (including phenoxy) is 2. The molecule has 1 aliphatic carbocycles. The Morgan fingerprint density at radius 3 is 2.16 bits per heavy atom. The van der Waals surface area contributed by atoms with Crippen LogP contribution in [0.4, 0.5) is 35.6 Å². The number of nitrogens with two attached hydrogens (primary N) is 1. The van der Waals surface area contributed by atoms with Crippen LogP contribution >= 0.6 is 0 Å². The number of aliphatic hydroxyl groups is 1. The van der Waals surface area contributed by atoms with E-state index in [0.717, 1.165) is 23.3 Å². The molecule has 1 heterocycles. The number of carbonyl (C=O) groups excluding carboxylic acids is 3. The Labute approximate surface area is 330 Å². The van der Waals surface area contributed by atoms with Crippen molar-refractivity contribution in [3.05, 3.63) is 88.6 Å². The van der Waals surface area contributed by atoms with Gasteiger partial charge >= 0.3 is 12.2 Å². The number of hydrogen-bond acceptors (Lipinski definition) is 11. The summed E-state index contributed by atoms with van der Waals surface area (Å²) in [6.07, 6.45) is -0.215. The molecule has 57 heavy (non-hydrogen) atoms. The summed E-state index contributed by atoms with van der Waals surface area (Å²) < 4.78 is 69.0. The molecule has 3 amide bonds. The number of carbonyl (C=O) groups is 3. The van der Waals surface area contributed by atoms with Crippen molar-refractivity contribution < 1.29 is 46.2 Å². The van der Waals surface area contributed by atoms with Crippen molar-refractivity contribution in [2.75, 3.05) is 22.6 Å². The van der Waals surface area contributed by atoms with Gasteiger partial charge in [-0.15, -0.1) is 0 Å². The van der Waals surface area contributed by atoms with Crippen molar-refractivity contribution in [3.63, 3.8) is 0 Å². The maximum absolute atomic E-state index is 16.4. The number of aromatic nitrogens is 1. The summed E-state index contributed by atoms with van der Waals surface area (Å²) in [5, 5.41) is 14.8. The van der Waals surface area contributed by atoms with Gasteiger partial charge in [0.15, 0.2) is 15.7 Å². The van der Waals surface area contributed by atoms with Crippen LogP contribution in [0, 0.1) is 18.6 Å². The first-order chi connectivity index (χ1) is 26.5. The standard InChI is InChI=1S/C41H49F2N5O8S/c1-22-15-25(9-12-30(22)23(2)21-49)34(37(50)46-20-26-16-27(44)18-32(43)35(26)57(53,54)29-10-11-29)47-28-17-24-13-14-45-36(33(24)31(42)19-28)48(38(51)55-40(3,4)5)39(52)56-41(6,7)8/h9,12-19,23,29,34,47,49H,10-11,20-21,44H2,1-8H3,(H,46,50). The minimum Gasteiger partial charge on any atom is -0.443 e. The van der Waals surface area contributed by atoms with E-state index in [4.69, 9.17) is 15.2 Å². The van der Waals surface area contributed by atoms with E-state index < -0.39 is 73.5 Å². The highest BCUT2D eigenvalue weighted by atomic mass is 32.2. The molecule has 13 nitrogen and oxygen atoms in total. The predicted molar refractivity (Wildman–Crippen MR) is 213 cm³/mol. The molecule has 306 valence electrons. The van der Waals surface area contributed by atoms with Crippen molar-refractivity contribution in [2.45, 2.75) is 108 Å². The molecule has 0 aliphatic heterocycles. The average molecular weight is 810 g/mol. The molecule has 2 unspecified atom stereocenters. The van der Waals surface area contributed by atoms with E-state index in [-0.39, 0.29) is 46.1 Å². The van der Waals surface area contributed by atoms with Gasteiger partial charge in [-0.3, -0.25) is 4.79 Å². The Bertz CT molecular complexity index is 2290. The quantitative estimate of drug-likeness (QED) is 0.109. The van der Waals surface area contributed by atoms with Crippen LogP contribution < -0.4 is 21.3 Å². The van der Waals surface area contributed by atoms with Crippen LogP contribution in [-0.2, 0) is 30.7 Å². The Morgan fingerprint density at radius 1 is 0.965 bits per heavy atom. The summed E-state index contributed by atoms with van der Waals surface area (Å²) in [6.45, 7) is 12.8. The van der Waals surface area contributed by atoms with E-state index in [9.17, 15) is 27.9 Å². The zero-order valence-corrected chi connectivity index (χ0v) is 34.0. The van der Waals surface area contributed by atoms with Gasteiger partial charge in [-0.2, -0.15) is 4.90 Å². The number of aryl methyl sites for hydroxylation is 1. The number of imide groups is 1.